The third-order valence-corrected chi connectivity index (χ3v) is 4.88. The molecule has 1 amide bonds. The molecule has 3 aromatic rings. The van der Waals surface area contributed by atoms with Crippen LogP contribution in [0.3, 0.4) is 0 Å². The van der Waals surface area contributed by atoms with Crippen LogP contribution in [-0.2, 0) is 24.8 Å². The summed E-state index contributed by atoms with van der Waals surface area (Å²) in [5.41, 5.74) is 3.34. The van der Waals surface area contributed by atoms with Crippen molar-refractivity contribution in [1.29, 1.82) is 0 Å². The predicted molar refractivity (Wildman–Crippen MR) is 107 cm³/mol. The minimum atomic E-state index is -0.0398. The minimum Gasteiger partial charge on any atom is -0.350 e. The average Bonchev–Trinajstić information content (AvgIpc) is 3.08. The SMILES string of the molecule is CC(C)Sc1ccc(CC(=O)NCc2nccnc2-c2cnn(C)c2)cc1. The van der Waals surface area contributed by atoms with Crippen molar-refractivity contribution < 1.29 is 4.79 Å². The summed E-state index contributed by atoms with van der Waals surface area (Å²) >= 11 is 1.81. The summed E-state index contributed by atoms with van der Waals surface area (Å²) in [5.74, 6) is -0.0398. The molecule has 1 N–H and O–H groups in total. The second-order valence-electron chi connectivity index (χ2n) is 6.52. The summed E-state index contributed by atoms with van der Waals surface area (Å²) in [6, 6.07) is 8.15. The van der Waals surface area contributed by atoms with E-state index in [0.717, 1.165) is 22.5 Å². The van der Waals surface area contributed by atoms with Gasteiger partial charge < -0.3 is 5.32 Å². The van der Waals surface area contributed by atoms with Crippen molar-refractivity contribution in [3.8, 4) is 11.3 Å². The Morgan fingerprint density at radius 3 is 2.59 bits per heavy atom. The molecule has 1 aromatic carbocycles. The summed E-state index contributed by atoms with van der Waals surface area (Å²) in [7, 11) is 1.85. The van der Waals surface area contributed by atoms with E-state index in [-0.39, 0.29) is 5.91 Å². The highest BCUT2D eigenvalue weighted by Gasteiger charge is 2.11. The highest BCUT2D eigenvalue weighted by atomic mass is 32.2. The molecular weight excluding hydrogens is 358 g/mol. The van der Waals surface area contributed by atoms with Crippen molar-refractivity contribution in [2.75, 3.05) is 0 Å². The van der Waals surface area contributed by atoms with Crippen LogP contribution in [0.15, 0.2) is 53.9 Å². The lowest BCUT2D eigenvalue weighted by Crippen LogP contribution is -2.25. The van der Waals surface area contributed by atoms with Gasteiger partial charge in [-0.3, -0.25) is 19.4 Å². The largest absolute Gasteiger partial charge is 0.350 e. The van der Waals surface area contributed by atoms with E-state index in [1.165, 1.54) is 4.90 Å². The number of aryl methyl sites for hydroxylation is 1. The molecule has 2 heterocycles. The standard InChI is InChI=1S/C20H23N5OS/c1-14(2)27-17-6-4-15(5-7-17)10-19(26)23-12-18-20(22-9-8-21-18)16-11-24-25(3)13-16/h4-9,11,13-14H,10,12H2,1-3H3,(H,23,26). The summed E-state index contributed by atoms with van der Waals surface area (Å²) < 4.78 is 1.72. The van der Waals surface area contributed by atoms with Gasteiger partial charge in [0.05, 0.1) is 30.6 Å². The second-order valence-corrected chi connectivity index (χ2v) is 8.17. The molecule has 0 aliphatic heterocycles. The third-order valence-electron chi connectivity index (χ3n) is 3.87. The van der Waals surface area contributed by atoms with Gasteiger partial charge in [0.25, 0.3) is 0 Å². The van der Waals surface area contributed by atoms with Gasteiger partial charge in [-0.2, -0.15) is 5.10 Å². The molecule has 2 aromatic heterocycles. The molecule has 0 fully saturated rings. The number of carbonyl (C=O) groups excluding carboxylic acids is 1. The number of amides is 1. The number of benzene rings is 1. The number of thioether (sulfide) groups is 1. The van der Waals surface area contributed by atoms with Crippen molar-refractivity contribution >= 4 is 17.7 Å². The topological polar surface area (TPSA) is 72.7 Å². The molecule has 0 aliphatic rings. The number of rotatable bonds is 7. The minimum absolute atomic E-state index is 0.0398. The number of carbonyl (C=O) groups is 1. The fourth-order valence-corrected chi connectivity index (χ4v) is 3.51. The quantitative estimate of drug-likeness (QED) is 0.636. The molecule has 0 radical (unpaired) electrons. The molecular formula is C20H23N5OS. The van der Waals surface area contributed by atoms with Crippen LogP contribution in [0.25, 0.3) is 11.3 Å². The van der Waals surface area contributed by atoms with Gasteiger partial charge in [-0.05, 0) is 17.7 Å². The number of hydrogen-bond acceptors (Lipinski definition) is 5. The molecule has 0 spiro atoms. The molecule has 3 rings (SSSR count). The monoisotopic (exact) mass is 381 g/mol. The van der Waals surface area contributed by atoms with Crippen molar-refractivity contribution in [1.82, 2.24) is 25.1 Å². The van der Waals surface area contributed by atoms with Gasteiger partial charge in [0.2, 0.25) is 5.91 Å². The van der Waals surface area contributed by atoms with E-state index in [4.69, 9.17) is 0 Å². The Bertz CT molecular complexity index is 905. The number of hydrogen-bond donors (Lipinski definition) is 1. The summed E-state index contributed by atoms with van der Waals surface area (Å²) in [6.07, 6.45) is 7.24. The smallest absolute Gasteiger partial charge is 0.224 e. The second kappa shape index (κ2) is 8.81. The van der Waals surface area contributed by atoms with Gasteiger partial charge in [0, 0.05) is 41.3 Å². The average molecular weight is 382 g/mol. The maximum Gasteiger partial charge on any atom is 0.224 e. The van der Waals surface area contributed by atoms with E-state index >= 15 is 0 Å². The van der Waals surface area contributed by atoms with Crippen LogP contribution >= 0.6 is 11.8 Å². The van der Waals surface area contributed by atoms with Gasteiger partial charge in [0.15, 0.2) is 0 Å². The Balaban J connectivity index is 1.60. The molecule has 0 saturated carbocycles. The van der Waals surface area contributed by atoms with E-state index in [1.54, 1.807) is 23.3 Å². The summed E-state index contributed by atoms with van der Waals surface area (Å²) in [5, 5.41) is 7.65. The Hall–Kier alpha value is -2.67. The summed E-state index contributed by atoms with van der Waals surface area (Å²) in [4.78, 5) is 22.3. The van der Waals surface area contributed by atoms with Gasteiger partial charge in [0.1, 0.15) is 0 Å². The fraction of sp³-hybridized carbons (Fsp3) is 0.300. The molecule has 0 bridgehead atoms. The molecule has 0 aliphatic carbocycles. The highest BCUT2D eigenvalue weighted by Crippen LogP contribution is 2.23. The molecule has 7 heteroatoms. The Morgan fingerprint density at radius 2 is 1.93 bits per heavy atom. The number of nitrogens with zero attached hydrogens (tertiary/aromatic N) is 4. The lowest BCUT2D eigenvalue weighted by molar-refractivity contribution is -0.120. The first-order valence-electron chi connectivity index (χ1n) is 8.82. The lowest BCUT2D eigenvalue weighted by Gasteiger charge is -2.09. The van der Waals surface area contributed by atoms with Crippen LogP contribution in [0, 0.1) is 0 Å². The Morgan fingerprint density at radius 1 is 1.19 bits per heavy atom. The van der Waals surface area contributed by atoms with Gasteiger partial charge in [-0.15, -0.1) is 11.8 Å². The van der Waals surface area contributed by atoms with Crippen LogP contribution in [-0.4, -0.2) is 30.9 Å². The molecule has 0 saturated heterocycles. The molecule has 0 atom stereocenters. The Labute approximate surface area is 163 Å². The first kappa shape index (κ1) is 19.1. The van der Waals surface area contributed by atoms with Crippen LogP contribution in [0.1, 0.15) is 25.1 Å². The van der Waals surface area contributed by atoms with Crippen molar-refractivity contribution in [3.63, 3.8) is 0 Å². The molecule has 27 heavy (non-hydrogen) atoms. The van der Waals surface area contributed by atoms with E-state index in [2.05, 4.69) is 46.4 Å². The zero-order chi connectivity index (χ0) is 19.2. The van der Waals surface area contributed by atoms with Gasteiger partial charge >= 0.3 is 0 Å². The predicted octanol–water partition coefficient (Wildman–Crippen LogP) is 3.24. The first-order chi connectivity index (χ1) is 13.0. The van der Waals surface area contributed by atoms with Crippen LogP contribution < -0.4 is 5.32 Å². The fourth-order valence-electron chi connectivity index (χ4n) is 2.67. The van der Waals surface area contributed by atoms with Crippen molar-refractivity contribution in [2.24, 2.45) is 7.05 Å². The van der Waals surface area contributed by atoms with E-state index in [9.17, 15) is 4.79 Å². The number of nitrogens with one attached hydrogen (secondary N) is 1. The normalized spacial score (nSPS) is 11.0. The molecule has 140 valence electrons. The maximum absolute atomic E-state index is 12.3. The maximum atomic E-state index is 12.3. The summed E-state index contributed by atoms with van der Waals surface area (Å²) in [6.45, 7) is 4.66. The van der Waals surface area contributed by atoms with Crippen molar-refractivity contribution in [2.45, 2.75) is 37.0 Å². The molecule has 6 nitrogen and oxygen atoms in total. The molecule has 0 unspecified atom stereocenters. The number of aromatic nitrogens is 4. The van der Waals surface area contributed by atoms with E-state index in [0.29, 0.717) is 18.2 Å². The van der Waals surface area contributed by atoms with E-state index in [1.807, 2.05) is 37.1 Å². The first-order valence-corrected chi connectivity index (χ1v) is 9.70. The van der Waals surface area contributed by atoms with Crippen LogP contribution in [0.4, 0.5) is 0 Å². The van der Waals surface area contributed by atoms with Crippen molar-refractivity contribution in [3.05, 3.63) is 60.3 Å². The lowest BCUT2D eigenvalue weighted by atomic mass is 10.1. The van der Waals surface area contributed by atoms with Gasteiger partial charge in [-0.25, -0.2) is 0 Å². The van der Waals surface area contributed by atoms with Gasteiger partial charge in [-0.1, -0.05) is 26.0 Å². The Kier molecular flexibility index (Phi) is 6.24. The van der Waals surface area contributed by atoms with Crippen LogP contribution in [0.5, 0.6) is 0 Å². The third kappa shape index (κ3) is 5.40. The van der Waals surface area contributed by atoms with Crippen LogP contribution in [0.2, 0.25) is 0 Å². The highest BCUT2D eigenvalue weighted by molar-refractivity contribution is 7.99. The zero-order valence-corrected chi connectivity index (χ0v) is 16.5. The van der Waals surface area contributed by atoms with E-state index < -0.39 is 0 Å². The zero-order valence-electron chi connectivity index (χ0n) is 15.7.